The van der Waals surface area contributed by atoms with E-state index in [0.29, 0.717) is 17.1 Å². The van der Waals surface area contributed by atoms with Crippen LogP contribution in [0.25, 0.3) is 0 Å². The van der Waals surface area contributed by atoms with Gasteiger partial charge in [0.05, 0.1) is 14.2 Å². The van der Waals surface area contributed by atoms with Gasteiger partial charge in [-0.2, -0.15) is 0 Å². The number of methoxy groups -OCH3 is 2. The average Bonchev–Trinajstić information content (AvgIpc) is 3.36. The molecule has 3 N–H and O–H groups in total. The zero-order chi connectivity index (χ0) is 16.1. The first kappa shape index (κ1) is 16.0. The molecule has 118 valence electrons. The molecule has 22 heavy (non-hydrogen) atoms. The van der Waals surface area contributed by atoms with Crippen molar-refractivity contribution in [3.05, 3.63) is 23.8 Å². The molecule has 0 atom stereocenters. The van der Waals surface area contributed by atoms with E-state index in [1.807, 2.05) is 0 Å². The Morgan fingerprint density at radius 2 is 1.82 bits per heavy atom. The van der Waals surface area contributed by atoms with Gasteiger partial charge in [-0.25, -0.2) is 0 Å². The van der Waals surface area contributed by atoms with Crippen LogP contribution in [0.2, 0.25) is 0 Å². The molecular weight excluding hydrogens is 306 g/mol. The monoisotopic (exact) mass is 323 g/mol. The van der Waals surface area contributed by atoms with Crippen LogP contribution in [0.3, 0.4) is 0 Å². The van der Waals surface area contributed by atoms with Crippen LogP contribution < -0.4 is 25.6 Å². The molecule has 1 aliphatic carbocycles. The van der Waals surface area contributed by atoms with Crippen molar-refractivity contribution in [3.8, 4) is 11.5 Å². The minimum absolute atomic E-state index is 0.0429. The smallest absolute Gasteiger partial charge is 0.269 e. The molecule has 0 aromatic heterocycles. The van der Waals surface area contributed by atoms with Crippen molar-refractivity contribution < 1.29 is 19.1 Å². The van der Waals surface area contributed by atoms with E-state index < -0.39 is 5.91 Å². The highest BCUT2D eigenvalue weighted by molar-refractivity contribution is 7.80. The van der Waals surface area contributed by atoms with Gasteiger partial charge in [0.1, 0.15) is 0 Å². The summed E-state index contributed by atoms with van der Waals surface area (Å²) in [5.74, 6) is 0.474. The molecule has 8 heteroatoms. The van der Waals surface area contributed by atoms with Gasteiger partial charge in [-0.05, 0) is 43.3 Å². The second kappa shape index (κ2) is 7.08. The Labute approximate surface area is 133 Å². The number of carbonyl (C=O) groups is 2. The highest BCUT2D eigenvalue weighted by atomic mass is 32.1. The first-order valence-electron chi connectivity index (χ1n) is 6.68. The van der Waals surface area contributed by atoms with Crippen LogP contribution in [0.15, 0.2) is 18.2 Å². The molecule has 1 aliphatic rings. The topological polar surface area (TPSA) is 88.7 Å². The van der Waals surface area contributed by atoms with Crippen molar-refractivity contribution in [2.75, 3.05) is 14.2 Å². The van der Waals surface area contributed by atoms with Gasteiger partial charge in [-0.1, -0.05) is 0 Å². The van der Waals surface area contributed by atoms with Gasteiger partial charge in [0.2, 0.25) is 5.91 Å². The van der Waals surface area contributed by atoms with E-state index in [1.165, 1.54) is 14.2 Å². The van der Waals surface area contributed by atoms with E-state index in [-0.39, 0.29) is 16.9 Å². The van der Waals surface area contributed by atoms with Crippen LogP contribution in [0.1, 0.15) is 23.2 Å². The van der Waals surface area contributed by atoms with Crippen LogP contribution in [0.4, 0.5) is 0 Å². The number of benzene rings is 1. The zero-order valence-corrected chi connectivity index (χ0v) is 13.1. The first-order chi connectivity index (χ1) is 10.5. The SMILES string of the molecule is COc1ccc(C(=O)NNC(=S)NC(=O)C2CC2)cc1OC. The predicted molar refractivity (Wildman–Crippen MR) is 83.6 cm³/mol. The summed E-state index contributed by atoms with van der Waals surface area (Å²) in [6, 6.07) is 4.76. The van der Waals surface area contributed by atoms with Crippen molar-refractivity contribution >= 4 is 29.1 Å². The molecule has 2 rings (SSSR count). The summed E-state index contributed by atoms with van der Waals surface area (Å²) in [4.78, 5) is 23.5. The Morgan fingerprint density at radius 3 is 2.41 bits per heavy atom. The summed E-state index contributed by atoms with van der Waals surface area (Å²) in [5, 5.41) is 2.57. The number of amides is 2. The van der Waals surface area contributed by atoms with Gasteiger partial charge >= 0.3 is 0 Å². The Morgan fingerprint density at radius 1 is 1.14 bits per heavy atom. The molecule has 0 radical (unpaired) electrons. The van der Waals surface area contributed by atoms with E-state index in [9.17, 15) is 9.59 Å². The number of ether oxygens (including phenoxy) is 2. The van der Waals surface area contributed by atoms with Crippen molar-refractivity contribution in [3.63, 3.8) is 0 Å². The summed E-state index contributed by atoms with van der Waals surface area (Å²) in [6.07, 6.45) is 1.76. The van der Waals surface area contributed by atoms with Crippen LogP contribution in [-0.4, -0.2) is 31.1 Å². The quantitative estimate of drug-likeness (QED) is 0.560. The third-order valence-electron chi connectivity index (χ3n) is 3.12. The Bertz CT molecular complexity index is 602. The van der Waals surface area contributed by atoms with E-state index in [2.05, 4.69) is 16.2 Å². The number of hydrogen-bond acceptors (Lipinski definition) is 5. The lowest BCUT2D eigenvalue weighted by molar-refractivity contribution is -0.120. The Kier molecular flexibility index (Phi) is 5.16. The fourth-order valence-electron chi connectivity index (χ4n) is 1.75. The van der Waals surface area contributed by atoms with Crippen LogP contribution >= 0.6 is 12.2 Å². The average molecular weight is 323 g/mol. The Hall–Kier alpha value is -2.35. The maximum Gasteiger partial charge on any atom is 0.269 e. The summed E-state index contributed by atoms with van der Waals surface area (Å²) >= 11 is 4.93. The Balaban J connectivity index is 1.88. The lowest BCUT2D eigenvalue weighted by Gasteiger charge is -2.12. The molecule has 0 spiro atoms. The largest absolute Gasteiger partial charge is 0.493 e. The maximum absolute atomic E-state index is 12.0. The number of nitrogens with one attached hydrogen (secondary N) is 3. The van der Waals surface area contributed by atoms with Gasteiger partial charge < -0.3 is 14.8 Å². The van der Waals surface area contributed by atoms with Gasteiger partial charge in [-0.15, -0.1) is 0 Å². The molecule has 1 aromatic carbocycles. The summed E-state index contributed by atoms with van der Waals surface area (Å²) in [6.45, 7) is 0. The number of rotatable bonds is 4. The molecular formula is C14H17N3O4S. The molecule has 0 saturated heterocycles. The summed E-state index contributed by atoms with van der Waals surface area (Å²) < 4.78 is 10.2. The maximum atomic E-state index is 12.0. The fraction of sp³-hybridized carbons (Fsp3) is 0.357. The molecule has 0 bridgehead atoms. The molecule has 0 aliphatic heterocycles. The number of hydrogen-bond donors (Lipinski definition) is 3. The molecule has 2 amide bonds. The molecule has 1 fully saturated rings. The molecule has 1 aromatic rings. The molecule has 1 saturated carbocycles. The summed E-state index contributed by atoms with van der Waals surface area (Å²) in [7, 11) is 3.00. The van der Waals surface area contributed by atoms with Gasteiger partial charge in [0.25, 0.3) is 5.91 Å². The lowest BCUT2D eigenvalue weighted by Crippen LogP contribution is -2.48. The second-order valence-electron chi connectivity index (χ2n) is 4.74. The minimum atomic E-state index is -0.413. The third kappa shape index (κ3) is 4.08. The number of thiocarbonyl (C=S) groups is 1. The van der Waals surface area contributed by atoms with Crippen LogP contribution in [0, 0.1) is 5.92 Å². The first-order valence-corrected chi connectivity index (χ1v) is 7.09. The van der Waals surface area contributed by atoms with Gasteiger partial charge in [0, 0.05) is 11.5 Å². The fourth-order valence-corrected chi connectivity index (χ4v) is 1.91. The van der Waals surface area contributed by atoms with E-state index in [0.717, 1.165) is 12.8 Å². The van der Waals surface area contributed by atoms with Crippen molar-refractivity contribution in [1.82, 2.24) is 16.2 Å². The van der Waals surface area contributed by atoms with Crippen molar-refractivity contribution in [2.24, 2.45) is 5.92 Å². The van der Waals surface area contributed by atoms with E-state index in [1.54, 1.807) is 18.2 Å². The predicted octanol–water partition coefficient (Wildman–Crippen LogP) is 0.749. The minimum Gasteiger partial charge on any atom is -0.493 e. The van der Waals surface area contributed by atoms with Crippen molar-refractivity contribution in [2.45, 2.75) is 12.8 Å². The summed E-state index contributed by atoms with van der Waals surface area (Å²) in [5.41, 5.74) is 5.26. The highest BCUT2D eigenvalue weighted by Gasteiger charge is 2.30. The van der Waals surface area contributed by atoms with E-state index >= 15 is 0 Å². The van der Waals surface area contributed by atoms with Crippen LogP contribution in [-0.2, 0) is 4.79 Å². The van der Waals surface area contributed by atoms with Gasteiger partial charge in [-0.3, -0.25) is 20.4 Å². The lowest BCUT2D eigenvalue weighted by atomic mass is 10.2. The number of hydrazine groups is 1. The second-order valence-corrected chi connectivity index (χ2v) is 5.15. The third-order valence-corrected chi connectivity index (χ3v) is 3.32. The van der Waals surface area contributed by atoms with E-state index in [4.69, 9.17) is 21.7 Å². The highest BCUT2D eigenvalue weighted by Crippen LogP contribution is 2.28. The van der Waals surface area contributed by atoms with Crippen molar-refractivity contribution in [1.29, 1.82) is 0 Å². The number of carbonyl (C=O) groups excluding carboxylic acids is 2. The van der Waals surface area contributed by atoms with Gasteiger partial charge in [0.15, 0.2) is 16.6 Å². The molecule has 7 nitrogen and oxygen atoms in total. The van der Waals surface area contributed by atoms with Crippen LogP contribution in [0.5, 0.6) is 11.5 Å². The normalized spacial score (nSPS) is 13.0. The molecule has 0 unspecified atom stereocenters. The standard InChI is InChI=1S/C14H17N3O4S/c1-20-10-6-5-9(7-11(10)21-2)13(19)16-17-14(22)15-12(18)8-3-4-8/h5-8H,3-4H2,1-2H3,(H,16,19)(H2,15,17,18,22). The zero-order valence-electron chi connectivity index (χ0n) is 12.3. The molecule has 0 heterocycles.